The average molecular weight is 350 g/mol. The van der Waals surface area contributed by atoms with Crippen molar-refractivity contribution in [3.63, 3.8) is 0 Å². The molecule has 6 heteroatoms. The molecule has 0 aliphatic carbocycles. The molecule has 0 N–H and O–H groups in total. The van der Waals surface area contributed by atoms with Gasteiger partial charge < -0.3 is 4.90 Å². The molecule has 124 valence electrons. The number of nitrogens with zero attached hydrogens (tertiary/aromatic N) is 5. The van der Waals surface area contributed by atoms with Crippen LogP contribution in [0.3, 0.4) is 0 Å². The van der Waals surface area contributed by atoms with Crippen LogP contribution in [0, 0.1) is 0 Å². The molecule has 5 nitrogen and oxygen atoms in total. The van der Waals surface area contributed by atoms with Crippen LogP contribution in [0.1, 0.15) is 12.8 Å². The van der Waals surface area contributed by atoms with Crippen LogP contribution in [-0.4, -0.2) is 32.9 Å². The van der Waals surface area contributed by atoms with Gasteiger partial charge in [-0.15, -0.1) is 5.10 Å². The maximum atomic E-state index is 6.02. The molecule has 0 amide bonds. The van der Waals surface area contributed by atoms with Gasteiger partial charge in [-0.2, -0.15) is 4.52 Å². The number of hydrogen-bond acceptors (Lipinski definition) is 4. The molecule has 4 aromatic rings. The van der Waals surface area contributed by atoms with Gasteiger partial charge in [0.25, 0.3) is 0 Å². The summed E-state index contributed by atoms with van der Waals surface area (Å²) in [5, 5.41) is 10.6. The first-order valence-electron chi connectivity index (χ1n) is 8.46. The predicted octanol–water partition coefficient (Wildman–Crippen LogP) is 4.20. The Morgan fingerprint density at radius 1 is 0.920 bits per heavy atom. The third kappa shape index (κ3) is 2.35. The van der Waals surface area contributed by atoms with Gasteiger partial charge in [0, 0.05) is 29.1 Å². The van der Waals surface area contributed by atoms with E-state index in [1.165, 1.54) is 12.8 Å². The number of benzene rings is 2. The minimum Gasteiger partial charge on any atom is -0.356 e. The first-order chi connectivity index (χ1) is 12.3. The van der Waals surface area contributed by atoms with Crippen molar-refractivity contribution < 1.29 is 0 Å². The molecule has 2 aromatic carbocycles. The quantitative estimate of drug-likeness (QED) is 0.544. The van der Waals surface area contributed by atoms with Crippen molar-refractivity contribution in [2.45, 2.75) is 12.8 Å². The van der Waals surface area contributed by atoms with Crippen molar-refractivity contribution in [3.8, 4) is 11.3 Å². The number of aromatic nitrogens is 4. The van der Waals surface area contributed by atoms with Gasteiger partial charge in [0.15, 0.2) is 5.65 Å². The van der Waals surface area contributed by atoms with E-state index in [1.54, 1.807) is 0 Å². The molecule has 0 radical (unpaired) electrons. The van der Waals surface area contributed by atoms with E-state index in [2.05, 4.69) is 27.3 Å². The van der Waals surface area contributed by atoms with Crippen molar-refractivity contribution in [1.29, 1.82) is 0 Å². The molecule has 0 unspecified atom stereocenters. The van der Waals surface area contributed by atoms with Crippen LogP contribution < -0.4 is 4.90 Å². The van der Waals surface area contributed by atoms with E-state index in [0.29, 0.717) is 5.02 Å². The van der Waals surface area contributed by atoms with E-state index < -0.39 is 0 Å². The standard InChI is InChI=1S/C19H16ClN5/c20-14-9-7-13(8-10-14)17-19-21-18(24-11-3-4-12-24)15-5-1-2-6-16(15)25(19)23-22-17/h1-2,5-10H,3-4,11-12H2. The Hall–Kier alpha value is -2.66. The summed E-state index contributed by atoms with van der Waals surface area (Å²) in [6.45, 7) is 2.09. The fourth-order valence-corrected chi connectivity index (χ4v) is 3.64. The summed E-state index contributed by atoms with van der Waals surface area (Å²) in [5.41, 5.74) is 3.56. The summed E-state index contributed by atoms with van der Waals surface area (Å²) in [6, 6.07) is 15.9. The van der Waals surface area contributed by atoms with Gasteiger partial charge >= 0.3 is 0 Å². The number of fused-ring (bicyclic) bond motifs is 3. The van der Waals surface area contributed by atoms with Crippen molar-refractivity contribution in [1.82, 2.24) is 19.8 Å². The lowest BCUT2D eigenvalue weighted by Gasteiger charge is -2.19. The highest BCUT2D eigenvalue weighted by Crippen LogP contribution is 2.31. The van der Waals surface area contributed by atoms with Crippen LogP contribution in [0.25, 0.3) is 27.8 Å². The molecule has 0 saturated carbocycles. The molecule has 1 fully saturated rings. The Morgan fingerprint density at radius 3 is 2.48 bits per heavy atom. The molecule has 1 saturated heterocycles. The lowest BCUT2D eigenvalue weighted by molar-refractivity contribution is 0.870. The van der Waals surface area contributed by atoms with Crippen LogP contribution in [0.4, 0.5) is 5.82 Å². The third-order valence-corrected chi connectivity index (χ3v) is 5.01. The second-order valence-corrected chi connectivity index (χ2v) is 6.76. The largest absolute Gasteiger partial charge is 0.356 e. The predicted molar refractivity (Wildman–Crippen MR) is 100 cm³/mol. The van der Waals surface area contributed by atoms with E-state index in [9.17, 15) is 0 Å². The maximum absolute atomic E-state index is 6.02. The minimum absolute atomic E-state index is 0.705. The minimum atomic E-state index is 0.705. The number of rotatable bonds is 2. The Bertz CT molecular complexity index is 1060. The number of anilines is 1. The highest BCUT2D eigenvalue weighted by Gasteiger charge is 2.21. The van der Waals surface area contributed by atoms with Gasteiger partial charge in [0.2, 0.25) is 0 Å². The molecule has 5 rings (SSSR count). The van der Waals surface area contributed by atoms with Gasteiger partial charge in [-0.1, -0.05) is 41.1 Å². The van der Waals surface area contributed by atoms with Gasteiger partial charge in [0.05, 0.1) is 5.52 Å². The van der Waals surface area contributed by atoms with Crippen LogP contribution in [0.2, 0.25) is 5.02 Å². The highest BCUT2D eigenvalue weighted by atomic mass is 35.5. The van der Waals surface area contributed by atoms with E-state index in [4.69, 9.17) is 16.6 Å². The Balaban J connectivity index is 1.80. The molecule has 1 aliphatic rings. The van der Waals surface area contributed by atoms with Crippen molar-refractivity contribution in [2.75, 3.05) is 18.0 Å². The normalized spacial score (nSPS) is 14.7. The molecule has 25 heavy (non-hydrogen) atoms. The maximum Gasteiger partial charge on any atom is 0.186 e. The van der Waals surface area contributed by atoms with Crippen LogP contribution in [0.5, 0.6) is 0 Å². The van der Waals surface area contributed by atoms with E-state index in [0.717, 1.165) is 46.7 Å². The second-order valence-electron chi connectivity index (χ2n) is 6.33. The molecular weight excluding hydrogens is 334 g/mol. The summed E-state index contributed by atoms with van der Waals surface area (Å²) in [7, 11) is 0. The molecule has 0 spiro atoms. The molecule has 2 aromatic heterocycles. The highest BCUT2D eigenvalue weighted by molar-refractivity contribution is 6.30. The monoisotopic (exact) mass is 349 g/mol. The van der Waals surface area contributed by atoms with Crippen LogP contribution in [-0.2, 0) is 0 Å². The number of hydrogen-bond donors (Lipinski definition) is 0. The Morgan fingerprint density at radius 2 is 1.68 bits per heavy atom. The second kappa shape index (κ2) is 5.70. The summed E-state index contributed by atoms with van der Waals surface area (Å²) in [4.78, 5) is 7.34. The van der Waals surface area contributed by atoms with Crippen molar-refractivity contribution in [3.05, 3.63) is 53.6 Å². The van der Waals surface area contributed by atoms with Gasteiger partial charge in [-0.05, 0) is 37.1 Å². The van der Waals surface area contributed by atoms with E-state index in [-0.39, 0.29) is 0 Å². The lowest BCUT2D eigenvalue weighted by atomic mass is 10.1. The van der Waals surface area contributed by atoms with Crippen molar-refractivity contribution >= 4 is 34.0 Å². The number of para-hydroxylation sites is 1. The van der Waals surface area contributed by atoms with Gasteiger partial charge in [0.1, 0.15) is 11.5 Å². The zero-order chi connectivity index (χ0) is 16.8. The number of halogens is 1. The zero-order valence-corrected chi connectivity index (χ0v) is 14.3. The van der Waals surface area contributed by atoms with Crippen LogP contribution in [0.15, 0.2) is 48.5 Å². The zero-order valence-electron chi connectivity index (χ0n) is 13.6. The van der Waals surface area contributed by atoms with Gasteiger partial charge in [-0.3, -0.25) is 0 Å². The third-order valence-electron chi connectivity index (χ3n) is 4.75. The molecule has 1 aliphatic heterocycles. The van der Waals surface area contributed by atoms with Crippen LogP contribution >= 0.6 is 11.6 Å². The fraction of sp³-hybridized carbons (Fsp3) is 0.211. The Labute approximate surface area is 149 Å². The summed E-state index contributed by atoms with van der Waals surface area (Å²) in [6.07, 6.45) is 2.42. The van der Waals surface area contributed by atoms with E-state index in [1.807, 2.05) is 40.9 Å². The van der Waals surface area contributed by atoms with Gasteiger partial charge in [-0.25, -0.2) is 4.98 Å². The average Bonchev–Trinajstić information content (AvgIpc) is 3.31. The smallest absolute Gasteiger partial charge is 0.186 e. The molecule has 0 bridgehead atoms. The lowest BCUT2D eigenvalue weighted by Crippen LogP contribution is -2.20. The molecular formula is C19H16ClN5. The summed E-state index contributed by atoms with van der Waals surface area (Å²) < 4.78 is 1.83. The first kappa shape index (κ1) is 14.7. The fourth-order valence-electron chi connectivity index (χ4n) is 3.51. The summed E-state index contributed by atoms with van der Waals surface area (Å²) in [5.74, 6) is 1.03. The SMILES string of the molecule is Clc1ccc(-c2nnn3c2nc(N2CCCC2)c2ccccc23)cc1. The van der Waals surface area contributed by atoms with E-state index >= 15 is 0 Å². The molecule has 3 heterocycles. The first-order valence-corrected chi connectivity index (χ1v) is 8.84. The molecule has 0 atom stereocenters. The summed E-state index contributed by atoms with van der Waals surface area (Å²) >= 11 is 6.02. The van der Waals surface area contributed by atoms with Crippen molar-refractivity contribution in [2.24, 2.45) is 0 Å². The Kier molecular flexibility index (Phi) is 3.35. The topological polar surface area (TPSA) is 46.3 Å².